The molecule has 5 heteroatoms. The van der Waals surface area contributed by atoms with E-state index < -0.39 is 17.5 Å². The van der Waals surface area contributed by atoms with E-state index in [0.29, 0.717) is 18.9 Å². The van der Waals surface area contributed by atoms with E-state index in [1.165, 1.54) is 0 Å². The Morgan fingerprint density at radius 2 is 2.12 bits per heavy atom. The number of carbonyl (C=O) groups is 1. The first-order valence-electron chi connectivity index (χ1n) is 5.67. The van der Waals surface area contributed by atoms with Gasteiger partial charge in [0.25, 0.3) is 0 Å². The number of hydrogen-bond acceptors (Lipinski definition) is 3. The molecule has 4 nitrogen and oxygen atoms in total. The molecule has 0 aromatic heterocycles. The third-order valence-corrected chi connectivity index (χ3v) is 4.51. The Balaban J connectivity index is 0.00000128. The van der Waals surface area contributed by atoms with Crippen molar-refractivity contribution in [1.29, 1.82) is 0 Å². The number of nitrogens with zero attached hydrogens (tertiary/aromatic N) is 1. The molecular formula is C11H20ClNO3. The highest BCUT2D eigenvalue weighted by Crippen LogP contribution is 2.48. The third-order valence-electron chi connectivity index (χ3n) is 4.51. The van der Waals surface area contributed by atoms with Crippen molar-refractivity contribution in [2.75, 3.05) is 7.05 Å². The fraction of sp³-hybridized carbons (Fsp3) is 0.909. The maximum Gasteiger partial charge on any atom is 0.313 e. The SMILES string of the molecule is CC[C@]1(C(=O)O)[C@@H](O)C[C@@H]2CC[C@H]1N2C.Cl. The summed E-state index contributed by atoms with van der Waals surface area (Å²) < 4.78 is 0. The van der Waals surface area contributed by atoms with Gasteiger partial charge in [-0.1, -0.05) is 6.92 Å². The molecule has 2 fully saturated rings. The zero-order chi connectivity index (χ0) is 11.2. The van der Waals surface area contributed by atoms with E-state index in [0.717, 1.165) is 12.8 Å². The van der Waals surface area contributed by atoms with E-state index in [1.54, 1.807) is 0 Å². The number of aliphatic hydroxyl groups is 1. The molecule has 0 saturated carbocycles. The molecule has 0 amide bonds. The summed E-state index contributed by atoms with van der Waals surface area (Å²) in [5.41, 5.74) is -0.943. The molecule has 0 unspecified atom stereocenters. The number of halogens is 1. The largest absolute Gasteiger partial charge is 0.481 e. The van der Waals surface area contributed by atoms with Crippen LogP contribution in [0.5, 0.6) is 0 Å². The van der Waals surface area contributed by atoms with Crippen molar-refractivity contribution in [3.05, 3.63) is 0 Å². The summed E-state index contributed by atoms with van der Waals surface area (Å²) in [5, 5.41) is 19.5. The second-order valence-electron chi connectivity index (χ2n) is 4.86. The summed E-state index contributed by atoms with van der Waals surface area (Å²) in [6.07, 6.45) is 2.35. The van der Waals surface area contributed by atoms with Crippen molar-refractivity contribution in [3.8, 4) is 0 Å². The average Bonchev–Trinajstić information content (AvgIpc) is 2.47. The Morgan fingerprint density at radius 1 is 1.50 bits per heavy atom. The van der Waals surface area contributed by atoms with E-state index in [-0.39, 0.29) is 18.4 Å². The van der Waals surface area contributed by atoms with E-state index in [1.807, 2.05) is 14.0 Å². The number of piperidine rings is 1. The van der Waals surface area contributed by atoms with E-state index in [4.69, 9.17) is 0 Å². The second-order valence-corrected chi connectivity index (χ2v) is 4.86. The molecular weight excluding hydrogens is 230 g/mol. The van der Waals surface area contributed by atoms with Crippen LogP contribution in [0.3, 0.4) is 0 Å². The number of carboxylic acids is 1. The predicted molar refractivity (Wildman–Crippen MR) is 62.8 cm³/mol. The fourth-order valence-electron chi connectivity index (χ4n) is 3.51. The highest BCUT2D eigenvalue weighted by molar-refractivity contribution is 5.85. The molecule has 94 valence electrons. The van der Waals surface area contributed by atoms with Crippen LogP contribution in [0, 0.1) is 5.41 Å². The lowest BCUT2D eigenvalue weighted by Gasteiger charge is -2.47. The first kappa shape index (κ1) is 13.7. The Hall–Kier alpha value is -0.320. The summed E-state index contributed by atoms with van der Waals surface area (Å²) >= 11 is 0. The molecule has 0 aromatic carbocycles. The monoisotopic (exact) mass is 249 g/mol. The van der Waals surface area contributed by atoms with Gasteiger partial charge in [0.1, 0.15) is 5.41 Å². The molecule has 0 aliphatic carbocycles. The zero-order valence-corrected chi connectivity index (χ0v) is 10.5. The summed E-state index contributed by atoms with van der Waals surface area (Å²) in [6, 6.07) is 0.387. The van der Waals surface area contributed by atoms with Crippen molar-refractivity contribution < 1.29 is 15.0 Å². The Morgan fingerprint density at radius 3 is 2.62 bits per heavy atom. The van der Waals surface area contributed by atoms with Crippen LogP contribution in [0.1, 0.15) is 32.6 Å². The highest BCUT2D eigenvalue weighted by atomic mass is 35.5. The first-order chi connectivity index (χ1) is 7.04. The molecule has 2 aliphatic heterocycles. The molecule has 2 N–H and O–H groups in total. The van der Waals surface area contributed by atoms with Gasteiger partial charge >= 0.3 is 5.97 Å². The maximum absolute atomic E-state index is 11.5. The van der Waals surface area contributed by atoms with Crippen LogP contribution >= 0.6 is 12.4 Å². The lowest BCUT2D eigenvalue weighted by atomic mass is 9.70. The molecule has 4 atom stereocenters. The van der Waals surface area contributed by atoms with Crippen molar-refractivity contribution in [3.63, 3.8) is 0 Å². The fourth-order valence-corrected chi connectivity index (χ4v) is 3.51. The molecule has 0 radical (unpaired) electrons. The minimum absolute atomic E-state index is 0. The van der Waals surface area contributed by atoms with E-state index in [9.17, 15) is 15.0 Å². The Kier molecular flexibility index (Phi) is 3.87. The lowest BCUT2D eigenvalue weighted by Crippen LogP contribution is -2.60. The third kappa shape index (κ3) is 1.55. The Labute approximate surface area is 102 Å². The quantitative estimate of drug-likeness (QED) is 0.770. The van der Waals surface area contributed by atoms with Gasteiger partial charge < -0.3 is 10.2 Å². The second kappa shape index (κ2) is 4.51. The highest BCUT2D eigenvalue weighted by Gasteiger charge is 2.58. The van der Waals surface area contributed by atoms with Gasteiger partial charge in [-0.05, 0) is 32.7 Å². The van der Waals surface area contributed by atoms with Gasteiger partial charge in [-0.15, -0.1) is 12.4 Å². The van der Waals surface area contributed by atoms with Gasteiger partial charge in [-0.25, -0.2) is 0 Å². The van der Waals surface area contributed by atoms with Crippen LogP contribution in [0.2, 0.25) is 0 Å². The number of hydrogen-bond donors (Lipinski definition) is 2. The van der Waals surface area contributed by atoms with Crippen molar-refractivity contribution in [1.82, 2.24) is 4.90 Å². The minimum Gasteiger partial charge on any atom is -0.481 e. The molecule has 2 saturated heterocycles. The van der Waals surface area contributed by atoms with Gasteiger partial charge in [-0.2, -0.15) is 0 Å². The maximum atomic E-state index is 11.5. The van der Waals surface area contributed by atoms with Crippen LogP contribution in [0.15, 0.2) is 0 Å². The van der Waals surface area contributed by atoms with Gasteiger partial charge in [-0.3, -0.25) is 9.69 Å². The standard InChI is InChI=1S/C11H19NO3.ClH/c1-3-11(10(14)15)8-5-4-7(12(8)2)6-9(11)13;/h7-9,13H,3-6H2,1-2H3,(H,14,15);1H/t7-,8+,9-,11+;/m0./s1. The summed E-state index contributed by atoms with van der Waals surface area (Å²) in [7, 11) is 1.99. The van der Waals surface area contributed by atoms with Crippen LogP contribution in [0.25, 0.3) is 0 Å². The predicted octanol–water partition coefficient (Wildman–Crippen LogP) is 1.12. The molecule has 0 spiro atoms. The van der Waals surface area contributed by atoms with Crippen LogP contribution in [-0.4, -0.2) is 46.3 Å². The molecule has 2 rings (SSSR count). The number of aliphatic hydroxyl groups excluding tert-OH is 1. The molecule has 16 heavy (non-hydrogen) atoms. The normalized spacial score (nSPS) is 42.8. The van der Waals surface area contributed by atoms with Crippen molar-refractivity contribution >= 4 is 18.4 Å². The topological polar surface area (TPSA) is 60.8 Å². The number of fused-ring (bicyclic) bond motifs is 2. The zero-order valence-electron chi connectivity index (χ0n) is 9.72. The molecule has 2 aliphatic rings. The van der Waals surface area contributed by atoms with Crippen molar-refractivity contribution in [2.24, 2.45) is 5.41 Å². The minimum atomic E-state index is -0.943. The van der Waals surface area contributed by atoms with Crippen molar-refractivity contribution in [2.45, 2.75) is 50.8 Å². The smallest absolute Gasteiger partial charge is 0.313 e. The number of rotatable bonds is 2. The molecule has 2 heterocycles. The Bertz CT molecular complexity index is 286. The van der Waals surface area contributed by atoms with Gasteiger partial charge in [0.05, 0.1) is 6.10 Å². The lowest BCUT2D eigenvalue weighted by molar-refractivity contribution is -0.170. The van der Waals surface area contributed by atoms with Gasteiger partial charge in [0, 0.05) is 12.1 Å². The number of carboxylic acid groups (broad SMARTS) is 1. The molecule has 2 bridgehead atoms. The average molecular weight is 250 g/mol. The summed E-state index contributed by atoms with van der Waals surface area (Å²) in [5.74, 6) is -0.838. The van der Waals surface area contributed by atoms with Crippen LogP contribution in [-0.2, 0) is 4.79 Å². The summed E-state index contributed by atoms with van der Waals surface area (Å²) in [4.78, 5) is 13.6. The first-order valence-corrected chi connectivity index (χ1v) is 5.67. The van der Waals surface area contributed by atoms with E-state index in [2.05, 4.69) is 4.90 Å². The molecule has 0 aromatic rings. The number of aliphatic carboxylic acids is 1. The van der Waals surface area contributed by atoms with Crippen LogP contribution in [0.4, 0.5) is 0 Å². The summed E-state index contributed by atoms with van der Waals surface area (Å²) in [6.45, 7) is 1.86. The van der Waals surface area contributed by atoms with Crippen LogP contribution < -0.4 is 0 Å². The van der Waals surface area contributed by atoms with Gasteiger partial charge in [0.2, 0.25) is 0 Å². The van der Waals surface area contributed by atoms with E-state index >= 15 is 0 Å². The van der Waals surface area contributed by atoms with Gasteiger partial charge in [0.15, 0.2) is 0 Å².